The van der Waals surface area contributed by atoms with Crippen molar-refractivity contribution < 1.29 is 22.7 Å². The molecule has 148 valence electrons. The molecule has 1 saturated carbocycles. The van der Waals surface area contributed by atoms with Crippen molar-refractivity contribution >= 4 is 18.3 Å². The van der Waals surface area contributed by atoms with Gasteiger partial charge in [-0.25, -0.2) is 0 Å². The van der Waals surface area contributed by atoms with E-state index in [1.807, 2.05) is 0 Å². The van der Waals surface area contributed by atoms with E-state index in [1.165, 1.54) is 19.2 Å². The van der Waals surface area contributed by atoms with Crippen LogP contribution in [0.25, 0.3) is 0 Å². The Kier molecular flexibility index (Phi) is 8.37. The third kappa shape index (κ3) is 5.59. The van der Waals surface area contributed by atoms with Crippen LogP contribution in [-0.2, 0) is 21.1 Å². The molecule has 1 aromatic carbocycles. The van der Waals surface area contributed by atoms with Crippen molar-refractivity contribution in [1.29, 1.82) is 0 Å². The van der Waals surface area contributed by atoms with Gasteiger partial charge in [0.25, 0.3) is 0 Å². The number of carbonyl (C=O) groups excluding carboxylic acids is 1. The van der Waals surface area contributed by atoms with Crippen LogP contribution >= 0.6 is 12.4 Å². The smallest absolute Gasteiger partial charge is 0.380 e. The van der Waals surface area contributed by atoms with Gasteiger partial charge in [0.15, 0.2) is 0 Å². The molecule has 26 heavy (non-hydrogen) atoms. The first-order valence-corrected chi connectivity index (χ1v) is 8.48. The summed E-state index contributed by atoms with van der Waals surface area (Å²) in [6.45, 7) is 0.566. The molecular weight excluding hydrogens is 369 g/mol. The maximum atomic E-state index is 13.0. The predicted octanol–water partition coefficient (Wildman–Crippen LogP) is 3.42. The molecule has 1 unspecified atom stereocenters. The number of nitrogens with one attached hydrogen (secondary N) is 1. The van der Waals surface area contributed by atoms with E-state index in [2.05, 4.69) is 5.32 Å². The maximum Gasteiger partial charge on any atom is 0.416 e. The topological polar surface area (TPSA) is 64.3 Å². The minimum absolute atomic E-state index is 0. The molecule has 0 aromatic heterocycles. The number of ether oxygens (including phenoxy) is 1. The second kappa shape index (κ2) is 9.58. The summed E-state index contributed by atoms with van der Waals surface area (Å²) in [7, 11) is 1.49. The van der Waals surface area contributed by atoms with Crippen LogP contribution in [0, 0.1) is 0 Å². The van der Waals surface area contributed by atoms with Crippen molar-refractivity contribution in [3.8, 4) is 0 Å². The zero-order valence-electron chi connectivity index (χ0n) is 14.8. The van der Waals surface area contributed by atoms with Crippen molar-refractivity contribution in [2.45, 2.75) is 49.8 Å². The Hall–Kier alpha value is -1.31. The fourth-order valence-corrected chi connectivity index (χ4v) is 3.45. The van der Waals surface area contributed by atoms with Gasteiger partial charge in [-0.15, -0.1) is 12.4 Å². The van der Waals surface area contributed by atoms with E-state index in [0.29, 0.717) is 12.1 Å². The minimum Gasteiger partial charge on any atom is -0.380 e. The van der Waals surface area contributed by atoms with E-state index in [0.717, 1.165) is 31.7 Å². The summed E-state index contributed by atoms with van der Waals surface area (Å²) in [5, 5.41) is 2.87. The lowest BCUT2D eigenvalue weighted by molar-refractivity contribution is -0.137. The molecule has 1 fully saturated rings. The molecule has 4 nitrogen and oxygen atoms in total. The normalized spacial score (nSPS) is 17.4. The lowest BCUT2D eigenvalue weighted by Crippen LogP contribution is -2.41. The molecule has 0 spiro atoms. The number of hydrogen-bond donors (Lipinski definition) is 2. The summed E-state index contributed by atoms with van der Waals surface area (Å²) in [6.07, 6.45) is -1.17. The molecule has 0 radical (unpaired) electrons. The summed E-state index contributed by atoms with van der Waals surface area (Å²) >= 11 is 0. The Morgan fingerprint density at radius 3 is 2.54 bits per heavy atom. The second-order valence-corrected chi connectivity index (χ2v) is 6.64. The zero-order chi connectivity index (χ0) is 18.5. The van der Waals surface area contributed by atoms with Crippen LogP contribution in [0.1, 0.15) is 43.2 Å². The van der Waals surface area contributed by atoms with Crippen LogP contribution < -0.4 is 11.1 Å². The van der Waals surface area contributed by atoms with Gasteiger partial charge in [-0.3, -0.25) is 4.79 Å². The van der Waals surface area contributed by atoms with Gasteiger partial charge in [0.2, 0.25) is 5.91 Å². The van der Waals surface area contributed by atoms with Gasteiger partial charge in [-0.2, -0.15) is 13.2 Å². The fourth-order valence-electron chi connectivity index (χ4n) is 3.45. The number of rotatable bonds is 7. The van der Waals surface area contributed by atoms with Gasteiger partial charge in [0.1, 0.15) is 0 Å². The standard InChI is InChI=1S/C18H25F3N2O2.ClH/c1-25-15(11-22)10-16(24)23-12-17(7-2-3-8-17)13-5-4-6-14(9-13)18(19,20)21;/h4-6,9,15H,2-3,7-8,10-12,22H2,1H3,(H,23,24);1H. The van der Waals surface area contributed by atoms with Gasteiger partial charge in [-0.05, 0) is 24.5 Å². The fraction of sp³-hybridized carbons (Fsp3) is 0.611. The molecule has 0 aliphatic heterocycles. The number of amides is 1. The highest BCUT2D eigenvalue weighted by molar-refractivity contribution is 5.85. The number of carbonyl (C=O) groups is 1. The molecule has 1 atom stereocenters. The molecule has 1 amide bonds. The van der Waals surface area contributed by atoms with E-state index in [4.69, 9.17) is 10.5 Å². The molecule has 3 N–H and O–H groups in total. The SMILES string of the molecule is COC(CN)CC(=O)NCC1(c2cccc(C(F)(F)F)c2)CCCC1.Cl. The van der Waals surface area contributed by atoms with Crippen LogP contribution in [0.15, 0.2) is 24.3 Å². The van der Waals surface area contributed by atoms with Crippen molar-refractivity contribution in [3.63, 3.8) is 0 Å². The second-order valence-electron chi connectivity index (χ2n) is 6.64. The van der Waals surface area contributed by atoms with Crippen molar-refractivity contribution in [3.05, 3.63) is 35.4 Å². The summed E-state index contributed by atoms with van der Waals surface area (Å²) in [5.41, 5.74) is 5.06. The first-order chi connectivity index (χ1) is 11.8. The molecule has 0 saturated heterocycles. The Morgan fingerprint density at radius 1 is 1.35 bits per heavy atom. The van der Waals surface area contributed by atoms with Gasteiger partial charge in [-0.1, -0.05) is 31.0 Å². The molecule has 2 rings (SSSR count). The van der Waals surface area contributed by atoms with Crippen molar-refractivity contribution in [2.75, 3.05) is 20.2 Å². The Labute approximate surface area is 158 Å². The number of halogens is 4. The summed E-state index contributed by atoms with van der Waals surface area (Å²) in [6, 6.07) is 5.46. The van der Waals surface area contributed by atoms with E-state index in [9.17, 15) is 18.0 Å². The molecule has 1 aliphatic carbocycles. The molecule has 8 heteroatoms. The van der Waals surface area contributed by atoms with Gasteiger partial charge in [0, 0.05) is 25.6 Å². The van der Waals surface area contributed by atoms with E-state index in [-0.39, 0.29) is 37.4 Å². The van der Waals surface area contributed by atoms with Crippen molar-refractivity contribution in [1.82, 2.24) is 5.32 Å². The van der Waals surface area contributed by atoms with Crippen LogP contribution in [0.2, 0.25) is 0 Å². The minimum atomic E-state index is -4.37. The van der Waals surface area contributed by atoms with Crippen LogP contribution in [0.5, 0.6) is 0 Å². The van der Waals surface area contributed by atoms with Crippen molar-refractivity contribution in [2.24, 2.45) is 5.73 Å². The van der Waals surface area contributed by atoms with Crippen LogP contribution in [-0.4, -0.2) is 32.2 Å². The Morgan fingerprint density at radius 2 is 2.00 bits per heavy atom. The van der Waals surface area contributed by atoms with Crippen LogP contribution in [0.3, 0.4) is 0 Å². The van der Waals surface area contributed by atoms with Gasteiger partial charge < -0.3 is 15.8 Å². The summed E-state index contributed by atoms with van der Waals surface area (Å²) < 4.78 is 44.2. The first-order valence-electron chi connectivity index (χ1n) is 8.48. The number of nitrogens with two attached hydrogens (primary N) is 1. The highest BCUT2D eigenvalue weighted by Crippen LogP contribution is 2.42. The van der Waals surface area contributed by atoms with Gasteiger partial charge >= 0.3 is 6.18 Å². The molecule has 1 aromatic rings. The molecular formula is C18H26ClF3N2O2. The van der Waals surface area contributed by atoms with Crippen LogP contribution in [0.4, 0.5) is 13.2 Å². The first kappa shape index (κ1) is 22.7. The van der Waals surface area contributed by atoms with E-state index < -0.39 is 17.2 Å². The highest BCUT2D eigenvalue weighted by Gasteiger charge is 2.38. The lowest BCUT2D eigenvalue weighted by Gasteiger charge is -2.31. The summed E-state index contributed by atoms with van der Waals surface area (Å²) in [4.78, 5) is 12.1. The number of benzene rings is 1. The number of methoxy groups -OCH3 is 1. The third-order valence-electron chi connectivity index (χ3n) is 5.00. The molecule has 1 aliphatic rings. The monoisotopic (exact) mass is 394 g/mol. The largest absolute Gasteiger partial charge is 0.416 e. The summed E-state index contributed by atoms with van der Waals surface area (Å²) in [5.74, 6) is -0.199. The maximum absolute atomic E-state index is 13.0. The Bertz CT molecular complexity index is 586. The van der Waals surface area contributed by atoms with E-state index in [1.54, 1.807) is 6.07 Å². The highest BCUT2D eigenvalue weighted by atomic mass is 35.5. The number of hydrogen-bond acceptors (Lipinski definition) is 3. The third-order valence-corrected chi connectivity index (χ3v) is 5.00. The Balaban J connectivity index is 0.00000338. The predicted molar refractivity (Wildman–Crippen MR) is 96.3 cm³/mol. The zero-order valence-corrected chi connectivity index (χ0v) is 15.6. The quantitative estimate of drug-likeness (QED) is 0.744. The molecule has 0 heterocycles. The average Bonchev–Trinajstić information content (AvgIpc) is 3.07. The number of alkyl halides is 3. The molecule has 0 bridgehead atoms. The van der Waals surface area contributed by atoms with Gasteiger partial charge in [0.05, 0.1) is 18.1 Å². The average molecular weight is 395 g/mol. The lowest BCUT2D eigenvalue weighted by atomic mass is 9.78. The van der Waals surface area contributed by atoms with E-state index >= 15 is 0 Å².